The molecule has 0 saturated carbocycles. The fourth-order valence-electron chi connectivity index (χ4n) is 3.15. The van der Waals surface area contributed by atoms with E-state index in [1.54, 1.807) is 12.1 Å². The molecule has 4 heteroatoms. The van der Waals surface area contributed by atoms with E-state index >= 15 is 0 Å². The molecule has 1 aliphatic heterocycles. The van der Waals surface area contributed by atoms with Crippen LogP contribution in [-0.2, 0) is 11.3 Å². The molecule has 114 valence electrons. The van der Waals surface area contributed by atoms with Crippen molar-refractivity contribution in [1.29, 1.82) is 0 Å². The number of nitrogens with zero attached hydrogens (tertiary/aromatic N) is 1. The van der Waals surface area contributed by atoms with E-state index in [-0.39, 0.29) is 11.7 Å². The van der Waals surface area contributed by atoms with Gasteiger partial charge in [0.05, 0.1) is 5.92 Å². The molecule has 2 unspecified atom stereocenters. The van der Waals surface area contributed by atoms with E-state index in [0.717, 1.165) is 12.1 Å². The largest absolute Gasteiger partial charge is 0.481 e. The molecule has 1 heterocycles. The number of aliphatic carboxylic acids is 1. The fourth-order valence-corrected chi connectivity index (χ4v) is 3.15. The van der Waals surface area contributed by atoms with Crippen LogP contribution < -0.4 is 0 Å². The van der Waals surface area contributed by atoms with Crippen LogP contribution in [0.25, 0.3) is 0 Å². The summed E-state index contributed by atoms with van der Waals surface area (Å²) in [6, 6.07) is 16.2. The average Bonchev–Trinajstić information content (AvgIpc) is 2.93. The first kappa shape index (κ1) is 14.7. The zero-order valence-electron chi connectivity index (χ0n) is 12.2. The van der Waals surface area contributed by atoms with Crippen molar-refractivity contribution in [2.45, 2.75) is 12.5 Å². The molecule has 2 aromatic rings. The fraction of sp³-hybridized carbons (Fsp3) is 0.278. The quantitative estimate of drug-likeness (QED) is 0.943. The maximum Gasteiger partial charge on any atom is 0.308 e. The highest BCUT2D eigenvalue weighted by atomic mass is 19.1. The first-order chi connectivity index (χ1) is 10.6. The summed E-state index contributed by atoms with van der Waals surface area (Å²) in [4.78, 5) is 13.7. The van der Waals surface area contributed by atoms with Crippen molar-refractivity contribution in [3.8, 4) is 0 Å². The first-order valence-corrected chi connectivity index (χ1v) is 7.38. The number of carbonyl (C=O) groups is 1. The van der Waals surface area contributed by atoms with Crippen molar-refractivity contribution in [2.75, 3.05) is 13.1 Å². The second-order valence-electron chi connectivity index (χ2n) is 5.78. The Morgan fingerprint density at radius 3 is 2.41 bits per heavy atom. The van der Waals surface area contributed by atoms with Gasteiger partial charge in [0.1, 0.15) is 5.82 Å². The van der Waals surface area contributed by atoms with Crippen molar-refractivity contribution in [1.82, 2.24) is 4.90 Å². The summed E-state index contributed by atoms with van der Waals surface area (Å²) in [5.74, 6) is -1.63. The molecule has 1 saturated heterocycles. The molecule has 3 rings (SSSR count). The summed E-state index contributed by atoms with van der Waals surface area (Å²) in [7, 11) is 0. The average molecular weight is 299 g/mol. The Morgan fingerprint density at radius 1 is 1.09 bits per heavy atom. The topological polar surface area (TPSA) is 40.5 Å². The summed E-state index contributed by atoms with van der Waals surface area (Å²) in [5.41, 5.74) is 2.07. The van der Waals surface area contributed by atoms with Gasteiger partial charge in [0.15, 0.2) is 0 Å². The van der Waals surface area contributed by atoms with Gasteiger partial charge in [-0.05, 0) is 23.3 Å². The van der Waals surface area contributed by atoms with Gasteiger partial charge in [-0.1, -0.05) is 42.5 Å². The Balaban J connectivity index is 1.77. The smallest absolute Gasteiger partial charge is 0.308 e. The number of hydrogen-bond donors (Lipinski definition) is 1. The minimum Gasteiger partial charge on any atom is -0.481 e. The molecule has 2 atom stereocenters. The lowest BCUT2D eigenvalue weighted by atomic mass is 9.89. The lowest BCUT2D eigenvalue weighted by Gasteiger charge is -2.16. The van der Waals surface area contributed by atoms with Crippen LogP contribution in [0.4, 0.5) is 4.39 Å². The molecular weight excluding hydrogens is 281 g/mol. The predicted octanol–water partition coefficient (Wildman–Crippen LogP) is 3.13. The Labute approximate surface area is 129 Å². The highest BCUT2D eigenvalue weighted by Gasteiger charge is 2.38. The number of halogens is 1. The third kappa shape index (κ3) is 3.17. The highest BCUT2D eigenvalue weighted by Crippen LogP contribution is 2.33. The van der Waals surface area contributed by atoms with Crippen LogP contribution in [0.15, 0.2) is 54.6 Å². The van der Waals surface area contributed by atoms with E-state index in [2.05, 4.69) is 4.90 Å². The summed E-state index contributed by atoms with van der Waals surface area (Å²) in [5, 5.41) is 9.48. The molecule has 2 aromatic carbocycles. The van der Waals surface area contributed by atoms with E-state index in [1.807, 2.05) is 30.3 Å². The van der Waals surface area contributed by atoms with Crippen LogP contribution in [0, 0.1) is 11.7 Å². The van der Waals surface area contributed by atoms with Crippen LogP contribution in [0.3, 0.4) is 0 Å². The van der Waals surface area contributed by atoms with Crippen LogP contribution in [-0.4, -0.2) is 29.1 Å². The third-order valence-corrected chi connectivity index (χ3v) is 4.26. The maximum atomic E-state index is 13.1. The second-order valence-corrected chi connectivity index (χ2v) is 5.78. The number of likely N-dealkylation sites (tertiary alicyclic amines) is 1. The molecule has 0 aliphatic carbocycles. The van der Waals surface area contributed by atoms with Gasteiger partial charge in [0, 0.05) is 25.6 Å². The zero-order chi connectivity index (χ0) is 15.5. The van der Waals surface area contributed by atoms with Crippen molar-refractivity contribution >= 4 is 5.97 Å². The molecule has 0 amide bonds. The standard InChI is InChI=1S/C18H18FNO2/c19-15-8-6-14(7-9-15)16-11-20(12-17(16)18(21)22)10-13-4-2-1-3-5-13/h1-9,16-17H,10-12H2,(H,21,22). The van der Waals surface area contributed by atoms with Crippen LogP contribution in [0.2, 0.25) is 0 Å². The Kier molecular flexibility index (Phi) is 4.20. The Hall–Kier alpha value is -2.20. The number of rotatable bonds is 4. The molecule has 22 heavy (non-hydrogen) atoms. The number of hydrogen-bond acceptors (Lipinski definition) is 2. The highest BCUT2D eigenvalue weighted by molar-refractivity contribution is 5.72. The summed E-state index contributed by atoms with van der Waals surface area (Å²) in [6.07, 6.45) is 0. The molecule has 3 nitrogen and oxygen atoms in total. The first-order valence-electron chi connectivity index (χ1n) is 7.38. The third-order valence-electron chi connectivity index (χ3n) is 4.26. The van der Waals surface area contributed by atoms with Gasteiger partial charge < -0.3 is 5.11 Å². The molecule has 0 spiro atoms. The van der Waals surface area contributed by atoms with E-state index in [9.17, 15) is 14.3 Å². The van der Waals surface area contributed by atoms with Crippen molar-refractivity contribution < 1.29 is 14.3 Å². The van der Waals surface area contributed by atoms with Gasteiger partial charge >= 0.3 is 5.97 Å². The number of carboxylic acid groups (broad SMARTS) is 1. The van der Waals surface area contributed by atoms with Gasteiger partial charge in [0.2, 0.25) is 0 Å². The van der Waals surface area contributed by atoms with Crippen LogP contribution in [0.1, 0.15) is 17.0 Å². The molecule has 0 aromatic heterocycles. The number of carboxylic acids is 1. The predicted molar refractivity (Wildman–Crippen MR) is 82.0 cm³/mol. The van der Waals surface area contributed by atoms with Gasteiger partial charge in [-0.15, -0.1) is 0 Å². The molecular formula is C18H18FNO2. The van der Waals surface area contributed by atoms with Crippen molar-refractivity contribution in [3.63, 3.8) is 0 Å². The van der Waals surface area contributed by atoms with E-state index in [1.165, 1.54) is 17.7 Å². The van der Waals surface area contributed by atoms with E-state index in [4.69, 9.17) is 0 Å². The summed E-state index contributed by atoms with van der Waals surface area (Å²) >= 11 is 0. The normalized spacial score (nSPS) is 21.9. The minimum absolute atomic E-state index is 0.0955. The van der Waals surface area contributed by atoms with Crippen molar-refractivity contribution in [3.05, 3.63) is 71.5 Å². The molecule has 0 radical (unpaired) electrons. The number of benzene rings is 2. The Morgan fingerprint density at radius 2 is 1.77 bits per heavy atom. The summed E-state index contributed by atoms with van der Waals surface area (Å²) in [6.45, 7) is 1.94. The van der Waals surface area contributed by atoms with Gasteiger partial charge in [0.25, 0.3) is 0 Å². The van der Waals surface area contributed by atoms with Gasteiger partial charge in [-0.25, -0.2) is 4.39 Å². The maximum absolute atomic E-state index is 13.1. The lowest BCUT2D eigenvalue weighted by Crippen LogP contribution is -2.23. The SMILES string of the molecule is O=C(O)C1CN(Cc2ccccc2)CC1c1ccc(F)cc1. The van der Waals surface area contributed by atoms with E-state index < -0.39 is 11.9 Å². The van der Waals surface area contributed by atoms with E-state index in [0.29, 0.717) is 13.1 Å². The molecule has 1 fully saturated rings. The van der Waals surface area contributed by atoms with Crippen LogP contribution >= 0.6 is 0 Å². The molecule has 0 bridgehead atoms. The van der Waals surface area contributed by atoms with Gasteiger partial charge in [-0.2, -0.15) is 0 Å². The monoisotopic (exact) mass is 299 g/mol. The van der Waals surface area contributed by atoms with Crippen LogP contribution in [0.5, 0.6) is 0 Å². The minimum atomic E-state index is -0.787. The second kappa shape index (κ2) is 6.28. The van der Waals surface area contributed by atoms with Gasteiger partial charge in [-0.3, -0.25) is 9.69 Å². The molecule has 1 N–H and O–H groups in total. The van der Waals surface area contributed by atoms with Crippen molar-refractivity contribution in [2.24, 2.45) is 5.92 Å². The molecule has 1 aliphatic rings. The summed E-state index contributed by atoms with van der Waals surface area (Å²) < 4.78 is 13.1. The Bertz CT molecular complexity index is 642. The zero-order valence-corrected chi connectivity index (χ0v) is 12.2. The lowest BCUT2D eigenvalue weighted by molar-refractivity contribution is -0.141.